The van der Waals surface area contributed by atoms with Gasteiger partial charge in [0.15, 0.2) is 0 Å². The van der Waals surface area contributed by atoms with E-state index in [1.807, 2.05) is 43.3 Å². The second-order valence-corrected chi connectivity index (χ2v) is 7.02. The van der Waals surface area contributed by atoms with E-state index in [1.54, 1.807) is 16.7 Å². The van der Waals surface area contributed by atoms with Gasteiger partial charge in [-0.1, -0.05) is 49.2 Å². The number of para-hydroxylation sites is 1. The number of fused-ring (bicyclic) bond motifs is 3. The van der Waals surface area contributed by atoms with Crippen molar-refractivity contribution in [3.05, 3.63) is 80.0 Å². The largest absolute Gasteiger partial charge is 0.449 e. The van der Waals surface area contributed by atoms with Gasteiger partial charge in [0.25, 0.3) is 5.56 Å². The van der Waals surface area contributed by atoms with Crippen molar-refractivity contribution in [1.29, 1.82) is 0 Å². The molecule has 0 aliphatic heterocycles. The Morgan fingerprint density at radius 1 is 1.04 bits per heavy atom. The lowest BCUT2D eigenvalue weighted by Gasteiger charge is -2.12. The Kier molecular flexibility index (Phi) is 4.62. The molecule has 6 heteroatoms. The number of rotatable bonds is 5. The van der Waals surface area contributed by atoms with Gasteiger partial charge < -0.3 is 4.42 Å². The smallest absolute Gasteiger partial charge is 0.331 e. The summed E-state index contributed by atoms with van der Waals surface area (Å²) < 4.78 is 8.73. The van der Waals surface area contributed by atoms with Crippen molar-refractivity contribution in [3.8, 4) is 0 Å². The van der Waals surface area contributed by atoms with Crippen LogP contribution < -0.4 is 11.2 Å². The third-order valence-corrected chi connectivity index (χ3v) is 4.94. The summed E-state index contributed by atoms with van der Waals surface area (Å²) in [7, 11) is 0. The number of hydrogen-bond acceptors (Lipinski definition) is 3. The van der Waals surface area contributed by atoms with E-state index in [9.17, 15) is 9.59 Å². The Hall–Kier alpha value is -2.79. The first-order valence-corrected chi connectivity index (χ1v) is 9.37. The predicted molar refractivity (Wildman–Crippen MR) is 108 cm³/mol. The molecule has 0 saturated heterocycles. The van der Waals surface area contributed by atoms with Crippen molar-refractivity contribution in [3.63, 3.8) is 0 Å². The molecule has 0 unspecified atom stereocenters. The molecule has 0 fully saturated rings. The van der Waals surface area contributed by atoms with E-state index < -0.39 is 0 Å². The van der Waals surface area contributed by atoms with E-state index in [2.05, 4.69) is 0 Å². The fraction of sp³-hybridized carbons (Fsp3) is 0.238. The summed E-state index contributed by atoms with van der Waals surface area (Å²) in [4.78, 5) is 26.1. The van der Waals surface area contributed by atoms with Crippen molar-refractivity contribution in [1.82, 2.24) is 9.13 Å². The standard InChI is InChI=1S/C21H19ClN2O3/c1-2-3-11-23-20(25)19-18(16-9-4-5-10-17(16)27-19)24(21(23)26)13-14-7-6-8-15(22)12-14/h4-10,12H,2-3,11,13H2,1H3. The van der Waals surface area contributed by atoms with Crippen molar-refractivity contribution in [2.24, 2.45) is 0 Å². The Balaban J connectivity index is 2.04. The summed E-state index contributed by atoms with van der Waals surface area (Å²) in [6.07, 6.45) is 1.64. The molecule has 2 aromatic carbocycles. The van der Waals surface area contributed by atoms with Crippen LogP contribution in [0, 0.1) is 0 Å². The first-order valence-electron chi connectivity index (χ1n) is 8.99. The van der Waals surface area contributed by atoms with Crippen LogP contribution in [0.1, 0.15) is 25.3 Å². The third kappa shape index (κ3) is 3.08. The summed E-state index contributed by atoms with van der Waals surface area (Å²) in [6, 6.07) is 14.8. The lowest BCUT2D eigenvalue weighted by Crippen LogP contribution is -2.40. The molecule has 2 aromatic heterocycles. The van der Waals surface area contributed by atoms with Crippen LogP contribution in [0.15, 0.2) is 62.5 Å². The SMILES string of the molecule is CCCCn1c(=O)c2oc3ccccc3c2n(Cc2cccc(Cl)c2)c1=O. The topological polar surface area (TPSA) is 57.1 Å². The van der Waals surface area contributed by atoms with Crippen molar-refractivity contribution in [2.75, 3.05) is 0 Å². The fourth-order valence-corrected chi connectivity index (χ4v) is 3.59. The van der Waals surface area contributed by atoms with Gasteiger partial charge >= 0.3 is 5.69 Å². The summed E-state index contributed by atoms with van der Waals surface area (Å²) in [6.45, 7) is 2.71. The van der Waals surface area contributed by atoms with E-state index in [0.29, 0.717) is 29.2 Å². The summed E-state index contributed by atoms with van der Waals surface area (Å²) in [5.41, 5.74) is 1.53. The van der Waals surface area contributed by atoms with Gasteiger partial charge in [0, 0.05) is 17.0 Å². The molecule has 0 aliphatic rings. The number of benzene rings is 2. The van der Waals surface area contributed by atoms with Crippen LogP contribution in [0.2, 0.25) is 5.02 Å². The zero-order chi connectivity index (χ0) is 19.0. The maximum atomic E-state index is 13.2. The molecule has 0 aliphatic carbocycles. The van der Waals surface area contributed by atoms with Crippen LogP contribution in [0.3, 0.4) is 0 Å². The van der Waals surface area contributed by atoms with Gasteiger partial charge in [0.2, 0.25) is 5.58 Å². The molecule has 0 N–H and O–H groups in total. The molecule has 0 amide bonds. The highest BCUT2D eigenvalue weighted by atomic mass is 35.5. The van der Waals surface area contributed by atoms with Crippen molar-refractivity contribution < 1.29 is 4.42 Å². The maximum Gasteiger partial charge on any atom is 0.331 e. The molecular formula is C21H19ClN2O3. The highest BCUT2D eigenvalue weighted by molar-refractivity contribution is 6.30. The van der Waals surface area contributed by atoms with Crippen LogP contribution in [-0.4, -0.2) is 9.13 Å². The summed E-state index contributed by atoms with van der Waals surface area (Å²) >= 11 is 6.11. The highest BCUT2D eigenvalue weighted by Crippen LogP contribution is 2.26. The lowest BCUT2D eigenvalue weighted by molar-refractivity contribution is 0.545. The Morgan fingerprint density at radius 2 is 1.85 bits per heavy atom. The molecule has 5 nitrogen and oxygen atoms in total. The monoisotopic (exact) mass is 382 g/mol. The Labute approximate surface area is 160 Å². The van der Waals surface area contributed by atoms with E-state index in [4.69, 9.17) is 16.0 Å². The van der Waals surface area contributed by atoms with Gasteiger partial charge in [0.05, 0.1) is 6.54 Å². The van der Waals surface area contributed by atoms with Crippen LogP contribution in [0.4, 0.5) is 0 Å². The number of nitrogens with zero attached hydrogens (tertiary/aromatic N) is 2. The minimum atomic E-state index is -0.373. The first-order chi connectivity index (χ1) is 13.1. The fourth-order valence-electron chi connectivity index (χ4n) is 3.37. The van der Waals surface area contributed by atoms with Crippen LogP contribution in [0.25, 0.3) is 22.1 Å². The van der Waals surface area contributed by atoms with E-state index in [1.165, 1.54) is 4.57 Å². The van der Waals surface area contributed by atoms with Gasteiger partial charge in [-0.2, -0.15) is 0 Å². The molecule has 0 radical (unpaired) electrons. The number of furan rings is 1. The van der Waals surface area contributed by atoms with Gasteiger partial charge in [-0.15, -0.1) is 0 Å². The zero-order valence-electron chi connectivity index (χ0n) is 14.9. The number of hydrogen-bond donors (Lipinski definition) is 0. The first kappa shape index (κ1) is 17.6. The Bertz CT molecular complexity index is 1250. The van der Waals surface area contributed by atoms with E-state index in [-0.39, 0.29) is 16.8 Å². The van der Waals surface area contributed by atoms with Gasteiger partial charge in [0.1, 0.15) is 11.1 Å². The van der Waals surface area contributed by atoms with Gasteiger partial charge in [-0.25, -0.2) is 4.79 Å². The molecule has 0 atom stereocenters. The molecule has 0 saturated carbocycles. The predicted octanol–water partition coefficient (Wildman–Crippen LogP) is 4.41. The zero-order valence-corrected chi connectivity index (χ0v) is 15.7. The second kappa shape index (κ2) is 7.08. The van der Waals surface area contributed by atoms with Gasteiger partial charge in [-0.3, -0.25) is 13.9 Å². The van der Waals surface area contributed by atoms with Crippen LogP contribution >= 0.6 is 11.6 Å². The molecular weight excluding hydrogens is 364 g/mol. The molecule has 138 valence electrons. The van der Waals surface area contributed by atoms with Crippen molar-refractivity contribution >= 4 is 33.7 Å². The number of halogens is 1. The van der Waals surface area contributed by atoms with Gasteiger partial charge in [-0.05, 0) is 36.2 Å². The Morgan fingerprint density at radius 3 is 2.63 bits per heavy atom. The summed E-state index contributed by atoms with van der Waals surface area (Å²) in [5, 5.41) is 1.36. The molecule has 0 spiro atoms. The summed E-state index contributed by atoms with van der Waals surface area (Å²) in [5.74, 6) is 0. The average molecular weight is 383 g/mol. The lowest BCUT2D eigenvalue weighted by atomic mass is 10.2. The molecule has 0 bridgehead atoms. The van der Waals surface area contributed by atoms with E-state index >= 15 is 0 Å². The van der Waals surface area contributed by atoms with Crippen LogP contribution in [0.5, 0.6) is 0 Å². The molecule has 2 heterocycles. The quantitative estimate of drug-likeness (QED) is 0.513. The second-order valence-electron chi connectivity index (χ2n) is 6.58. The van der Waals surface area contributed by atoms with E-state index in [0.717, 1.165) is 23.8 Å². The molecule has 27 heavy (non-hydrogen) atoms. The minimum Gasteiger partial charge on any atom is -0.449 e. The third-order valence-electron chi connectivity index (χ3n) is 4.71. The maximum absolute atomic E-state index is 13.2. The molecule has 4 aromatic rings. The molecule has 4 rings (SSSR count). The highest BCUT2D eigenvalue weighted by Gasteiger charge is 2.19. The normalized spacial score (nSPS) is 11.5. The average Bonchev–Trinajstić information content (AvgIpc) is 3.05. The van der Waals surface area contributed by atoms with Crippen LogP contribution in [-0.2, 0) is 13.1 Å². The number of unbranched alkanes of at least 4 members (excludes halogenated alkanes) is 1. The van der Waals surface area contributed by atoms with Crippen molar-refractivity contribution in [2.45, 2.75) is 32.9 Å². The minimum absolute atomic E-state index is 0.217. The number of aromatic nitrogens is 2.